The molecule has 0 spiro atoms. The van der Waals surface area contributed by atoms with Crippen molar-refractivity contribution in [2.24, 2.45) is 34.5 Å². The van der Waals surface area contributed by atoms with E-state index in [0.29, 0.717) is 18.3 Å². The molecule has 6 heteroatoms. The summed E-state index contributed by atoms with van der Waals surface area (Å²) in [5, 5.41) is 0. The summed E-state index contributed by atoms with van der Waals surface area (Å²) < 4.78 is 35.6. The zero-order valence-corrected chi connectivity index (χ0v) is 22.1. The molecule has 0 aromatic heterocycles. The van der Waals surface area contributed by atoms with E-state index in [1.54, 1.807) is 13.8 Å². The highest BCUT2D eigenvalue weighted by Gasteiger charge is 2.57. The average Bonchev–Trinajstić information content (AvgIpc) is 2.71. The Morgan fingerprint density at radius 3 is 1.49 bits per heavy atom. The molecule has 0 radical (unpaired) electrons. The molecule has 0 aromatic rings. The van der Waals surface area contributed by atoms with Crippen molar-refractivity contribution < 1.29 is 27.8 Å². The number of halogens is 2. The molecule has 4 bridgehead atoms. The van der Waals surface area contributed by atoms with E-state index in [4.69, 9.17) is 9.47 Å². The van der Waals surface area contributed by atoms with Gasteiger partial charge in [0.1, 0.15) is 5.60 Å². The van der Waals surface area contributed by atoms with E-state index in [0.717, 1.165) is 25.2 Å². The normalized spacial score (nSPS) is 27.6. The third kappa shape index (κ3) is 10.1. The van der Waals surface area contributed by atoms with Crippen molar-refractivity contribution in [1.29, 1.82) is 0 Å². The van der Waals surface area contributed by atoms with Gasteiger partial charge in [0, 0.05) is 6.42 Å². The van der Waals surface area contributed by atoms with Gasteiger partial charge in [-0.1, -0.05) is 43.6 Å². The Labute approximate surface area is 229 Å². The lowest BCUT2D eigenvalue weighted by atomic mass is 9.50. The summed E-state index contributed by atoms with van der Waals surface area (Å²) in [5.41, 5.74) is -1.09. The Bertz CT molecular complexity index is 666. The van der Waals surface area contributed by atoms with Crippen LogP contribution in [0.1, 0.15) is 136 Å². The van der Waals surface area contributed by atoms with E-state index in [1.165, 1.54) is 32.1 Å². The van der Waals surface area contributed by atoms with E-state index in [-0.39, 0.29) is 53.3 Å². The van der Waals surface area contributed by atoms with Crippen molar-refractivity contribution in [1.82, 2.24) is 0 Å². The Morgan fingerprint density at radius 2 is 1.14 bits per heavy atom. The van der Waals surface area contributed by atoms with Crippen LogP contribution < -0.4 is 0 Å². The lowest BCUT2D eigenvalue weighted by molar-refractivity contribution is -0.211. The molecule has 0 aliphatic heterocycles. The molecule has 4 saturated carbocycles. The molecular formula is C31H62F2O4. The fourth-order valence-electron chi connectivity index (χ4n) is 5.43. The molecule has 0 saturated heterocycles. The highest BCUT2D eigenvalue weighted by molar-refractivity contribution is 5.76. The predicted octanol–water partition coefficient (Wildman–Crippen LogP) is 9.74. The molecule has 0 atom stereocenters. The lowest BCUT2D eigenvalue weighted by Crippen LogP contribution is -2.58. The third-order valence-electron chi connectivity index (χ3n) is 8.72. The van der Waals surface area contributed by atoms with Gasteiger partial charge in [-0.15, -0.1) is 0 Å². The number of hydrogen-bond donors (Lipinski definition) is 0. The quantitative estimate of drug-likeness (QED) is 0.290. The van der Waals surface area contributed by atoms with Crippen LogP contribution in [0, 0.1) is 34.5 Å². The first-order valence-corrected chi connectivity index (χ1v) is 12.8. The molecule has 0 heterocycles. The Balaban J connectivity index is -0.000000589. The summed E-state index contributed by atoms with van der Waals surface area (Å²) in [6.45, 7) is 14.2. The largest absolute Gasteiger partial charge is 0.465 e. The minimum absolute atomic E-state index is 0. The van der Waals surface area contributed by atoms with Crippen LogP contribution in [0.3, 0.4) is 0 Å². The molecular weight excluding hydrogens is 474 g/mol. The summed E-state index contributed by atoms with van der Waals surface area (Å²) in [5.74, 6) is -0.0618. The van der Waals surface area contributed by atoms with E-state index >= 15 is 0 Å². The Morgan fingerprint density at radius 1 is 0.757 bits per heavy atom. The van der Waals surface area contributed by atoms with E-state index < -0.39 is 23.7 Å². The lowest BCUT2D eigenvalue weighted by Gasteiger charge is -2.59. The molecule has 0 N–H and O–H groups in total. The highest BCUT2D eigenvalue weighted by atomic mass is 19.3. The smallest absolute Gasteiger partial charge is 0.312 e. The average molecular weight is 537 g/mol. The molecule has 4 nitrogen and oxygen atoms in total. The van der Waals surface area contributed by atoms with E-state index in [1.807, 2.05) is 20.8 Å². The van der Waals surface area contributed by atoms with Crippen LogP contribution in [0.2, 0.25) is 0 Å². The van der Waals surface area contributed by atoms with Gasteiger partial charge in [0.15, 0.2) is 0 Å². The number of ether oxygens (including phenoxy) is 2. The van der Waals surface area contributed by atoms with Crippen LogP contribution in [0.15, 0.2) is 0 Å². The molecule has 224 valence electrons. The monoisotopic (exact) mass is 536 g/mol. The SMILES string of the molecule is C.C.C.C.CCC(C)(C)C(=O)OC1(C)C2CC3CC(C2)CC1C3.CCC(C)(C)C(=O)OCCC(C)(F)F. The molecule has 37 heavy (non-hydrogen) atoms. The van der Waals surface area contributed by atoms with Crippen molar-refractivity contribution in [2.75, 3.05) is 6.61 Å². The van der Waals surface area contributed by atoms with Gasteiger partial charge in [-0.05, 0) is 110 Å². The summed E-state index contributed by atoms with van der Waals surface area (Å²) in [4.78, 5) is 23.8. The molecule has 4 fully saturated rings. The van der Waals surface area contributed by atoms with Crippen LogP contribution in [0.5, 0.6) is 0 Å². The summed E-state index contributed by atoms with van der Waals surface area (Å²) in [6, 6.07) is 0. The molecule has 0 aromatic carbocycles. The first-order chi connectivity index (χ1) is 15.0. The summed E-state index contributed by atoms with van der Waals surface area (Å²) in [7, 11) is 0. The maximum atomic E-state index is 12.5. The second-order valence-electron chi connectivity index (χ2n) is 12.3. The topological polar surface area (TPSA) is 52.6 Å². The van der Waals surface area contributed by atoms with Crippen LogP contribution in [0.25, 0.3) is 0 Å². The fourth-order valence-corrected chi connectivity index (χ4v) is 5.43. The number of esters is 2. The standard InChI is InChI=1S/C17H28O2.C10H18F2O2.4CH4/c1-5-16(2,3)15(18)19-17(4)13-7-11-6-12(9-13)10-14(17)8-11;1-5-9(2,3)8(13)14-7-6-10(4,11)12;;;;/h11-14H,5-10H2,1-4H3;5-7H2,1-4H3;4*1H4. The van der Waals surface area contributed by atoms with Crippen LogP contribution in [0.4, 0.5) is 8.78 Å². The van der Waals surface area contributed by atoms with Crippen molar-refractivity contribution in [3.8, 4) is 0 Å². The molecule has 0 unspecified atom stereocenters. The number of rotatable bonds is 8. The second kappa shape index (κ2) is 14.8. The van der Waals surface area contributed by atoms with Gasteiger partial charge < -0.3 is 9.47 Å². The minimum atomic E-state index is -2.77. The minimum Gasteiger partial charge on any atom is -0.465 e. The number of carbonyl (C=O) groups excluding carboxylic acids is 2. The van der Waals surface area contributed by atoms with Crippen LogP contribution in [-0.4, -0.2) is 30.1 Å². The van der Waals surface area contributed by atoms with Gasteiger partial charge in [-0.25, -0.2) is 8.78 Å². The summed E-state index contributed by atoms with van der Waals surface area (Å²) in [6.07, 6.45) is 7.69. The Hall–Kier alpha value is -1.20. The van der Waals surface area contributed by atoms with Crippen molar-refractivity contribution in [2.45, 2.75) is 148 Å². The number of hydrogen-bond acceptors (Lipinski definition) is 4. The van der Waals surface area contributed by atoms with Crippen molar-refractivity contribution >= 4 is 11.9 Å². The van der Waals surface area contributed by atoms with E-state index in [9.17, 15) is 18.4 Å². The number of alkyl halides is 2. The molecule has 0 amide bonds. The zero-order chi connectivity index (χ0) is 25.2. The van der Waals surface area contributed by atoms with Crippen LogP contribution >= 0.6 is 0 Å². The predicted molar refractivity (Wildman–Crippen MR) is 153 cm³/mol. The highest BCUT2D eigenvalue weighted by Crippen LogP contribution is 2.59. The van der Waals surface area contributed by atoms with Crippen molar-refractivity contribution in [3.63, 3.8) is 0 Å². The first-order valence-electron chi connectivity index (χ1n) is 12.8. The van der Waals surface area contributed by atoms with Crippen molar-refractivity contribution in [3.05, 3.63) is 0 Å². The second-order valence-corrected chi connectivity index (χ2v) is 12.3. The molecule has 4 aliphatic carbocycles. The van der Waals surface area contributed by atoms with E-state index in [2.05, 4.69) is 13.8 Å². The van der Waals surface area contributed by atoms with Gasteiger partial charge in [-0.3, -0.25) is 9.59 Å². The maximum absolute atomic E-state index is 12.5. The third-order valence-corrected chi connectivity index (χ3v) is 8.72. The zero-order valence-electron chi connectivity index (χ0n) is 22.1. The molecule has 4 rings (SSSR count). The summed E-state index contributed by atoms with van der Waals surface area (Å²) >= 11 is 0. The fraction of sp³-hybridized carbons (Fsp3) is 0.935. The van der Waals surface area contributed by atoms with Crippen LogP contribution in [-0.2, 0) is 19.1 Å². The number of carbonyl (C=O) groups is 2. The first kappa shape index (κ1) is 40.3. The van der Waals surface area contributed by atoms with Gasteiger partial charge >= 0.3 is 11.9 Å². The van der Waals surface area contributed by atoms with Gasteiger partial charge in [0.05, 0.1) is 17.4 Å². The van der Waals surface area contributed by atoms with Gasteiger partial charge in [0.2, 0.25) is 5.92 Å². The Kier molecular flexibility index (Phi) is 16.1. The van der Waals surface area contributed by atoms with Gasteiger partial charge in [-0.2, -0.15) is 0 Å². The molecule has 4 aliphatic rings. The van der Waals surface area contributed by atoms with Gasteiger partial charge in [0.25, 0.3) is 0 Å². The maximum Gasteiger partial charge on any atom is 0.312 e.